The number of hydrogen-bond donors (Lipinski definition) is 2. The molecule has 1 aromatic carbocycles. The summed E-state index contributed by atoms with van der Waals surface area (Å²) < 4.78 is 12.2. The molecule has 0 aromatic heterocycles. The van der Waals surface area contributed by atoms with Crippen molar-refractivity contribution in [2.24, 2.45) is 17.8 Å². The Kier molecular flexibility index (Phi) is 7.09. The van der Waals surface area contributed by atoms with Gasteiger partial charge in [0.2, 0.25) is 11.8 Å². The zero-order valence-electron chi connectivity index (χ0n) is 22.2. The fourth-order valence-corrected chi connectivity index (χ4v) is 7.62. The predicted molar refractivity (Wildman–Crippen MR) is 136 cm³/mol. The summed E-state index contributed by atoms with van der Waals surface area (Å²) in [6.07, 6.45) is 6.02. The van der Waals surface area contributed by atoms with E-state index in [0.29, 0.717) is 12.8 Å². The molecular weight excluding hydrogens is 472 g/mol. The Hall–Kier alpha value is -2.45. The summed E-state index contributed by atoms with van der Waals surface area (Å²) in [4.78, 5) is 43.2. The van der Waals surface area contributed by atoms with Crippen LogP contribution in [-0.2, 0) is 30.3 Å². The molecule has 1 aliphatic carbocycles. The number of aliphatic hydroxyl groups excluding tert-OH is 1. The van der Waals surface area contributed by atoms with Gasteiger partial charge >= 0.3 is 5.97 Å². The van der Waals surface area contributed by atoms with Gasteiger partial charge in [0.05, 0.1) is 30.8 Å². The number of carbonyl (C=O) groups is 3. The average molecular weight is 513 g/mol. The highest BCUT2D eigenvalue weighted by Crippen LogP contribution is 2.65. The van der Waals surface area contributed by atoms with Crippen LogP contribution in [0.4, 0.5) is 0 Å². The molecule has 3 saturated heterocycles. The molecule has 2 N–H and O–H groups in total. The Morgan fingerprint density at radius 1 is 1.22 bits per heavy atom. The third kappa shape index (κ3) is 4.16. The van der Waals surface area contributed by atoms with Crippen LogP contribution in [0.2, 0.25) is 0 Å². The first-order valence-electron chi connectivity index (χ1n) is 13.9. The number of ether oxygens (including phenoxy) is 2. The second kappa shape index (κ2) is 10.0. The van der Waals surface area contributed by atoms with Gasteiger partial charge in [0.1, 0.15) is 17.6 Å². The maximum atomic E-state index is 14.3. The van der Waals surface area contributed by atoms with Crippen LogP contribution in [0, 0.1) is 17.8 Å². The lowest BCUT2D eigenvalue weighted by Crippen LogP contribution is -2.59. The second-order valence-electron chi connectivity index (χ2n) is 11.6. The zero-order chi connectivity index (χ0) is 26.4. The monoisotopic (exact) mass is 512 g/mol. The van der Waals surface area contributed by atoms with Crippen molar-refractivity contribution in [1.29, 1.82) is 0 Å². The summed E-state index contributed by atoms with van der Waals surface area (Å²) in [5, 5.41) is 13.8. The predicted octanol–water partition coefficient (Wildman–Crippen LogP) is 2.61. The molecular formula is C29H40N2O6. The first-order valence-corrected chi connectivity index (χ1v) is 13.9. The van der Waals surface area contributed by atoms with E-state index in [9.17, 15) is 19.5 Å². The first-order chi connectivity index (χ1) is 17.8. The van der Waals surface area contributed by atoms with E-state index in [2.05, 4.69) is 5.32 Å². The largest absolute Gasteiger partial charge is 0.466 e. The molecule has 202 valence electrons. The van der Waals surface area contributed by atoms with Crippen LogP contribution in [0.5, 0.6) is 0 Å². The van der Waals surface area contributed by atoms with E-state index in [-0.39, 0.29) is 37.0 Å². The summed E-state index contributed by atoms with van der Waals surface area (Å²) in [5.41, 5.74) is -1.07. The number of benzene rings is 1. The lowest BCUT2D eigenvalue weighted by molar-refractivity contribution is -0.162. The second-order valence-corrected chi connectivity index (χ2v) is 11.6. The van der Waals surface area contributed by atoms with Crippen LogP contribution in [-0.4, -0.2) is 70.3 Å². The van der Waals surface area contributed by atoms with E-state index in [1.807, 2.05) is 44.2 Å². The Morgan fingerprint density at radius 2 is 1.92 bits per heavy atom. The van der Waals surface area contributed by atoms with Crippen LogP contribution in [0.15, 0.2) is 30.3 Å². The summed E-state index contributed by atoms with van der Waals surface area (Å²) in [7, 11) is 0. The van der Waals surface area contributed by atoms with Crippen LogP contribution in [0.25, 0.3) is 0 Å². The summed E-state index contributed by atoms with van der Waals surface area (Å²) in [6, 6.07) is 8.17. The molecule has 5 rings (SSSR count). The van der Waals surface area contributed by atoms with Gasteiger partial charge in [-0.2, -0.15) is 0 Å². The highest BCUT2D eigenvalue weighted by molar-refractivity contribution is 5.98. The van der Waals surface area contributed by atoms with Crippen molar-refractivity contribution in [3.8, 4) is 0 Å². The molecule has 4 aliphatic rings. The number of nitrogens with zero attached hydrogens (tertiary/aromatic N) is 1. The number of hydrogen-bond acceptors (Lipinski definition) is 6. The number of fused-ring (bicyclic) bond motifs is 1. The standard InChI is InChI=1S/C29H40N2O6/c1-4-36-27(35)23-22-26(34)31(21(17-32)15-19-11-7-5-8-12-19)24(25(33)30-20-13-9-6-10-14-20)29(22)16-18(2)28(23,3)37-29/h5,7-8,11-12,18,20-24,32H,4,6,9-10,13-17H2,1-3H3,(H,30,33)/t18?,21-,22+,23-,24?,28+,29?/m1/s1. The maximum Gasteiger partial charge on any atom is 0.312 e. The van der Waals surface area contributed by atoms with Gasteiger partial charge in [0.25, 0.3) is 0 Å². The molecule has 37 heavy (non-hydrogen) atoms. The molecule has 8 nitrogen and oxygen atoms in total. The van der Waals surface area contributed by atoms with Crippen molar-refractivity contribution in [3.63, 3.8) is 0 Å². The molecule has 2 bridgehead atoms. The molecule has 1 aromatic rings. The quantitative estimate of drug-likeness (QED) is 0.519. The highest BCUT2D eigenvalue weighted by atomic mass is 16.6. The van der Waals surface area contributed by atoms with Gasteiger partial charge < -0.3 is 24.8 Å². The average Bonchev–Trinajstić information content (AvgIpc) is 3.40. The minimum atomic E-state index is -1.13. The topological polar surface area (TPSA) is 105 Å². The Bertz CT molecular complexity index is 1030. The molecule has 3 heterocycles. The number of carbonyl (C=O) groups excluding carboxylic acids is 3. The summed E-state index contributed by atoms with van der Waals surface area (Å²) in [5.74, 6) is -2.65. The minimum Gasteiger partial charge on any atom is -0.466 e. The number of amides is 2. The summed E-state index contributed by atoms with van der Waals surface area (Å²) in [6.45, 7) is 5.56. The molecule has 3 aliphatic heterocycles. The molecule has 1 saturated carbocycles. The normalized spacial score (nSPS) is 35.9. The number of rotatable bonds is 8. The van der Waals surface area contributed by atoms with E-state index in [4.69, 9.17) is 9.47 Å². The van der Waals surface area contributed by atoms with Gasteiger partial charge in [-0.05, 0) is 51.0 Å². The van der Waals surface area contributed by atoms with Crippen LogP contribution in [0.3, 0.4) is 0 Å². The van der Waals surface area contributed by atoms with Crippen molar-refractivity contribution < 1.29 is 29.0 Å². The Labute approximate surface area is 219 Å². The maximum absolute atomic E-state index is 14.3. The van der Waals surface area contributed by atoms with Crippen LogP contribution >= 0.6 is 0 Å². The third-order valence-corrected chi connectivity index (χ3v) is 9.41. The number of esters is 1. The highest BCUT2D eigenvalue weighted by Gasteiger charge is 2.80. The lowest BCUT2D eigenvalue weighted by Gasteiger charge is -2.38. The van der Waals surface area contributed by atoms with E-state index < -0.39 is 41.1 Å². The number of nitrogens with one attached hydrogen (secondary N) is 1. The van der Waals surface area contributed by atoms with Gasteiger partial charge in [-0.25, -0.2) is 0 Å². The molecule has 1 spiro atoms. The lowest BCUT2D eigenvalue weighted by atomic mass is 9.62. The zero-order valence-corrected chi connectivity index (χ0v) is 22.2. The fourth-order valence-electron chi connectivity index (χ4n) is 7.62. The van der Waals surface area contributed by atoms with Gasteiger partial charge in [-0.3, -0.25) is 14.4 Å². The van der Waals surface area contributed by atoms with Crippen molar-refractivity contribution in [2.75, 3.05) is 13.2 Å². The molecule has 8 heteroatoms. The molecule has 7 atom stereocenters. The van der Waals surface area contributed by atoms with Gasteiger partial charge in [0.15, 0.2) is 0 Å². The van der Waals surface area contributed by atoms with E-state index in [0.717, 1.165) is 37.7 Å². The molecule has 0 radical (unpaired) electrons. The van der Waals surface area contributed by atoms with Gasteiger partial charge in [0, 0.05) is 6.04 Å². The van der Waals surface area contributed by atoms with Crippen LogP contribution < -0.4 is 5.32 Å². The van der Waals surface area contributed by atoms with Crippen molar-refractivity contribution in [3.05, 3.63) is 35.9 Å². The SMILES string of the molecule is CCOC(=O)[C@H]1[C@H]2C(=O)N([C@@H](CO)Cc3ccccc3)C(C(=O)NC3CCCCC3)C23CC(C)[C@]1(C)O3. The first kappa shape index (κ1) is 26.2. The van der Waals surface area contributed by atoms with Crippen LogP contribution in [0.1, 0.15) is 64.9 Å². The number of aliphatic hydroxyl groups is 1. The minimum absolute atomic E-state index is 0.0439. The van der Waals surface area contributed by atoms with Crippen molar-refractivity contribution in [1.82, 2.24) is 10.2 Å². The summed E-state index contributed by atoms with van der Waals surface area (Å²) >= 11 is 0. The van der Waals surface area contributed by atoms with E-state index in [1.165, 1.54) is 0 Å². The molecule has 2 amide bonds. The fraction of sp³-hybridized carbons (Fsp3) is 0.690. The van der Waals surface area contributed by atoms with Gasteiger partial charge in [-0.1, -0.05) is 56.5 Å². The van der Waals surface area contributed by atoms with E-state index >= 15 is 0 Å². The van der Waals surface area contributed by atoms with Crippen molar-refractivity contribution >= 4 is 17.8 Å². The third-order valence-electron chi connectivity index (χ3n) is 9.41. The van der Waals surface area contributed by atoms with Crippen molar-refractivity contribution in [2.45, 2.75) is 95.0 Å². The molecule has 3 unspecified atom stereocenters. The number of likely N-dealkylation sites (tertiary alicyclic amines) is 1. The Morgan fingerprint density at radius 3 is 2.57 bits per heavy atom. The molecule has 4 fully saturated rings. The Balaban J connectivity index is 1.55. The van der Waals surface area contributed by atoms with Gasteiger partial charge in [-0.15, -0.1) is 0 Å². The smallest absolute Gasteiger partial charge is 0.312 e. The van der Waals surface area contributed by atoms with E-state index in [1.54, 1.807) is 11.8 Å².